The minimum absolute atomic E-state index is 0.126. The van der Waals surface area contributed by atoms with E-state index < -0.39 is 0 Å². The van der Waals surface area contributed by atoms with Crippen molar-refractivity contribution < 1.29 is 9.15 Å². The van der Waals surface area contributed by atoms with E-state index in [4.69, 9.17) is 9.15 Å². The molecule has 0 bridgehead atoms. The predicted octanol–water partition coefficient (Wildman–Crippen LogP) is 3.73. The molecule has 2 rings (SSSR count). The maximum absolute atomic E-state index is 5.56. The molecule has 1 unspecified atom stereocenters. The third kappa shape index (κ3) is 2.99. The van der Waals surface area contributed by atoms with E-state index in [0.717, 1.165) is 25.0 Å². The summed E-state index contributed by atoms with van der Waals surface area (Å²) in [4.78, 5) is 0. The van der Waals surface area contributed by atoms with Crippen molar-refractivity contribution in [2.45, 2.75) is 51.7 Å². The van der Waals surface area contributed by atoms with Gasteiger partial charge in [-0.2, -0.15) is 0 Å². The van der Waals surface area contributed by atoms with Crippen molar-refractivity contribution in [1.82, 2.24) is 0 Å². The van der Waals surface area contributed by atoms with Crippen LogP contribution in [0.3, 0.4) is 0 Å². The third-order valence-electron chi connectivity index (χ3n) is 3.20. The molecule has 0 radical (unpaired) electrons. The van der Waals surface area contributed by atoms with E-state index in [2.05, 4.69) is 26.8 Å². The zero-order valence-corrected chi connectivity index (χ0v) is 10.3. The highest BCUT2D eigenvalue weighted by molar-refractivity contribution is 5.09. The molecule has 0 amide bonds. The van der Waals surface area contributed by atoms with Gasteiger partial charge in [0.2, 0.25) is 0 Å². The molecule has 1 aliphatic heterocycles. The van der Waals surface area contributed by atoms with E-state index in [1.165, 1.54) is 5.57 Å². The minimum Gasteiger partial charge on any atom is -0.469 e. The summed E-state index contributed by atoms with van der Waals surface area (Å²) < 4.78 is 10.8. The molecule has 16 heavy (non-hydrogen) atoms. The summed E-state index contributed by atoms with van der Waals surface area (Å²) >= 11 is 0. The van der Waals surface area contributed by atoms with E-state index in [1.807, 2.05) is 12.1 Å². The summed E-state index contributed by atoms with van der Waals surface area (Å²) in [5.74, 6) is 1.03. The van der Waals surface area contributed by atoms with Gasteiger partial charge in [-0.25, -0.2) is 0 Å². The molecule has 1 aliphatic rings. The van der Waals surface area contributed by atoms with Crippen LogP contribution in [0.15, 0.2) is 34.5 Å². The second-order valence-corrected chi connectivity index (χ2v) is 5.08. The largest absolute Gasteiger partial charge is 0.469 e. The van der Waals surface area contributed by atoms with Crippen molar-refractivity contribution in [1.29, 1.82) is 0 Å². The van der Waals surface area contributed by atoms with Gasteiger partial charge < -0.3 is 9.15 Å². The number of epoxide rings is 1. The Morgan fingerprint density at radius 2 is 2.25 bits per heavy atom. The fraction of sp³-hybridized carbons (Fsp3) is 0.571. The summed E-state index contributed by atoms with van der Waals surface area (Å²) in [6, 6.07) is 3.94. The highest BCUT2D eigenvalue weighted by atomic mass is 16.6. The van der Waals surface area contributed by atoms with Crippen LogP contribution in [0.4, 0.5) is 0 Å². The highest BCUT2D eigenvalue weighted by Crippen LogP contribution is 2.38. The first kappa shape index (κ1) is 11.5. The number of rotatable bonds is 5. The molecule has 1 aromatic rings. The van der Waals surface area contributed by atoms with Gasteiger partial charge >= 0.3 is 0 Å². The van der Waals surface area contributed by atoms with Gasteiger partial charge in [-0.15, -0.1) is 0 Å². The van der Waals surface area contributed by atoms with E-state index in [1.54, 1.807) is 6.26 Å². The summed E-state index contributed by atoms with van der Waals surface area (Å²) in [7, 11) is 0. The number of ether oxygens (including phenoxy) is 1. The molecule has 1 fully saturated rings. The Balaban J connectivity index is 1.71. The first-order chi connectivity index (χ1) is 7.58. The number of allylic oxidation sites excluding steroid dienone is 2. The quantitative estimate of drug-likeness (QED) is 0.558. The van der Waals surface area contributed by atoms with Gasteiger partial charge in [0.1, 0.15) is 5.76 Å². The molecule has 0 spiro atoms. The normalized spacial score (nSPS) is 23.4. The minimum atomic E-state index is 0.126. The maximum atomic E-state index is 5.56. The zero-order chi connectivity index (χ0) is 11.6. The van der Waals surface area contributed by atoms with Gasteiger partial charge in [-0.05, 0) is 45.7 Å². The molecule has 0 aromatic carbocycles. The van der Waals surface area contributed by atoms with Crippen molar-refractivity contribution in [3.05, 3.63) is 35.8 Å². The highest BCUT2D eigenvalue weighted by Gasteiger charge is 2.46. The summed E-state index contributed by atoms with van der Waals surface area (Å²) in [5, 5.41) is 0. The Morgan fingerprint density at radius 3 is 2.81 bits per heavy atom. The summed E-state index contributed by atoms with van der Waals surface area (Å²) in [6.45, 7) is 6.48. The Morgan fingerprint density at radius 1 is 1.50 bits per heavy atom. The van der Waals surface area contributed by atoms with Gasteiger partial charge in [-0.3, -0.25) is 0 Å². The maximum Gasteiger partial charge on any atom is 0.107 e. The molecule has 2 heteroatoms. The third-order valence-corrected chi connectivity index (χ3v) is 3.20. The SMILES string of the molecule is C/C(=C\Cc1ccco1)CCC1OC1(C)C. The number of furan rings is 1. The Hall–Kier alpha value is -1.02. The fourth-order valence-electron chi connectivity index (χ4n) is 1.90. The van der Waals surface area contributed by atoms with Crippen molar-refractivity contribution >= 4 is 0 Å². The van der Waals surface area contributed by atoms with Crippen LogP contribution >= 0.6 is 0 Å². The topological polar surface area (TPSA) is 25.7 Å². The zero-order valence-electron chi connectivity index (χ0n) is 10.3. The van der Waals surface area contributed by atoms with Crippen molar-refractivity contribution in [3.8, 4) is 0 Å². The first-order valence-electron chi connectivity index (χ1n) is 5.94. The van der Waals surface area contributed by atoms with Gasteiger partial charge in [0.05, 0.1) is 18.0 Å². The van der Waals surface area contributed by atoms with Crippen LogP contribution in [0.5, 0.6) is 0 Å². The van der Waals surface area contributed by atoms with Crippen molar-refractivity contribution in [3.63, 3.8) is 0 Å². The van der Waals surface area contributed by atoms with Gasteiger partial charge in [0, 0.05) is 6.42 Å². The Labute approximate surface area is 97.3 Å². The van der Waals surface area contributed by atoms with E-state index in [0.29, 0.717) is 6.10 Å². The lowest BCUT2D eigenvalue weighted by molar-refractivity contribution is 0.320. The van der Waals surface area contributed by atoms with Gasteiger partial charge in [0.25, 0.3) is 0 Å². The van der Waals surface area contributed by atoms with Crippen LogP contribution in [-0.4, -0.2) is 11.7 Å². The molecule has 0 aliphatic carbocycles. The number of hydrogen-bond acceptors (Lipinski definition) is 2. The molecule has 0 N–H and O–H groups in total. The van der Waals surface area contributed by atoms with Gasteiger partial charge in [-0.1, -0.05) is 11.6 Å². The monoisotopic (exact) mass is 220 g/mol. The smallest absolute Gasteiger partial charge is 0.107 e. The molecule has 88 valence electrons. The second-order valence-electron chi connectivity index (χ2n) is 5.08. The van der Waals surface area contributed by atoms with Crippen LogP contribution in [0, 0.1) is 0 Å². The van der Waals surface area contributed by atoms with Crippen molar-refractivity contribution in [2.75, 3.05) is 0 Å². The summed E-state index contributed by atoms with van der Waals surface area (Å²) in [6.07, 6.45) is 7.57. The predicted molar refractivity (Wildman–Crippen MR) is 64.4 cm³/mol. The summed E-state index contributed by atoms with van der Waals surface area (Å²) in [5.41, 5.74) is 1.55. The molecular formula is C14H20O2. The lowest BCUT2D eigenvalue weighted by Gasteiger charge is -2.00. The molecular weight excluding hydrogens is 200 g/mol. The van der Waals surface area contributed by atoms with Crippen LogP contribution < -0.4 is 0 Å². The molecule has 1 saturated heterocycles. The second kappa shape index (κ2) is 4.46. The van der Waals surface area contributed by atoms with Crippen LogP contribution in [0.1, 0.15) is 39.4 Å². The van der Waals surface area contributed by atoms with E-state index in [9.17, 15) is 0 Å². The Bertz CT molecular complexity index is 360. The average molecular weight is 220 g/mol. The number of hydrogen-bond donors (Lipinski definition) is 0. The molecule has 2 nitrogen and oxygen atoms in total. The van der Waals surface area contributed by atoms with E-state index >= 15 is 0 Å². The van der Waals surface area contributed by atoms with E-state index in [-0.39, 0.29) is 5.60 Å². The van der Waals surface area contributed by atoms with Gasteiger partial charge in [0.15, 0.2) is 0 Å². The average Bonchev–Trinajstić information content (AvgIpc) is 2.70. The molecule has 2 heterocycles. The molecule has 1 aromatic heterocycles. The Kier molecular flexibility index (Phi) is 3.20. The standard InChI is InChI=1S/C14H20O2/c1-11(6-8-12-5-4-10-15-12)7-9-13-14(2,3)16-13/h4-6,10,13H,7-9H2,1-3H3/b11-6+. The first-order valence-corrected chi connectivity index (χ1v) is 5.94. The lowest BCUT2D eigenvalue weighted by atomic mass is 10.0. The molecule has 0 saturated carbocycles. The van der Waals surface area contributed by atoms with Crippen LogP contribution in [0.25, 0.3) is 0 Å². The van der Waals surface area contributed by atoms with Crippen LogP contribution in [0.2, 0.25) is 0 Å². The lowest BCUT2D eigenvalue weighted by Crippen LogP contribution is -2.02. The molecule has 1 atom stereocenters. The fourth-order valence-corrected chi connectivity index (χ4v) is 1.90. The van der Waals surface area contributed by atoms with Crippen LogP contribution in [-0.2, 0) is 11.2 Å². The van der Waals surface area contributed by atoms with Crippen molar-refractivity contribution in [2.24, 2.45) is 0 Å².